The summed E-state index contributed by atoms with van der Waals surface area (Å²) in [5, 5.41) is 8.01. The highest BCUT2D eigenvalue weighted by atomic mass is 32.1. The van der Waals surface area contributed by atoms with Gasteiger partial charge in [0.15, 0.2) is 4.80 Å². The fourth-order valence-corrected chi connectivity index (χ4v) is 4.22. The SMILES string of the molecule is CCOP(=O)(C=CCn1c(=N)sc2ccccc21)OCC. The van der Waals surface area contributed by atoms with Crippen LogP contribution >= 0.6 is 18.9 Å². The van der Waals surface area contributed by atoms with E-state index < -0.39 is 7.60 Å². The van der Waals surface area contributed by atoms with Crippen molar-refractivity contribution in [2.45, 2.75) is 20.4 Å². The van der Waals surface area contributed by atoms with Gasteiger partial charge >= 0.3 is 7.60 Å². The van der Waals surface area contributed by atoms with Crippen LogP contribution in [0.5, 0.6) is 0 Å². The van der Waals surface area contributed by atoms with E-state index in [9.17, 15) is 4.57 Å². The molecule has 7 heteroatoms. The molecule has 1 N–H and O–H groups in total. The van der Waals surface area contributed by atoms with Crippen molar-refractivity contribution in [3.8, 4) is 0 Å². The van der Waals surface area contributed by atoms with E-state index in [2.05, 4.69) is 0 Å². The number of fused-ring (bicyclic) bond motifs is 1. The van der Waals surface area contributed by atoms with Crippen LogP contribution in [0.4, 0.5) is 0 Å². The predicted octanol–water partition coefficient (Wildman–Crippen LogP) is 3.96. The van der Waals surface area contributed by atoms with Gasteiger partial charge in [-0.2, -0.15) is 0 Å². The van der Waals surface area contributed by atoms with Gasteiger partial charge in [0.25, 0.3) is 0 Å². The van der Waals surface area contributed by atoms with E-state index in [1.165, 1.54) is 17.2 Å². The number of allylic oxidation sites excluding steroid dienone is 1. The lowest BCUT2D eigenvalue weighted by Crippen LogP contribution is -2.11. The standard InChI is InChI=1S/C14H19N2O3PS/c1-3-18-20(17,19-4-2)11-7-10-16-12-8-5-6-9-13(12)21-14(16)15/h5-9,11,15H,3-4,10H2,1-2H3. The lowest BCUT2D eigenvalue weighted by atomic mass is 10.3. The molecule has 2 rings (SSSR count). The second-order valence-corrected chi connectivity index (χ2v) is 7.17. The van der Waals surface area contributed by atoms with Gasteiger partial charge in [-0.15, -0.1) is 0 Å². The first-order valence-electron chi connectivity index (χ1n) is 6.79. The van der Waals surface area contributed by atoms with Crippen LogP contribution in [0.25, 0.3) is 10.2 Å². The Morgan fingerprint density at radius 2 is 1.95 bits per heavy atom. The number of nitrogens with one attached hydrogen (secondary N) is 1. The second-order valence-electron chi connectivity index (χ2n) is 4.25. The van der Waals surface area contributed by atoms with Gasteiger partial charge in [0.2, 0.25) is 0 Å². The quantitative estimate of drug-likeness (QED) is 0.783. The van der Waals surface area contributed by atoms with E-state index in [-0.39, 0.29) is 0 Å². The fraction of sp³-hybridized carbons (Fsp3) is 0.357. The van der Waals surface area contributed by atoms with E-state index in [1.807, 2.05) is 28.8 Å². The summed E-state index contributed by atoms with van der Waals surface area (Å²) in [6.45, 7) is 4.69. The summed E-state index contributed by atoms with van der Waals surface area (Å²) in [6.07, 6.45) is 1.74. The monoisotopic (exact) mass is 326 g/mol. The molecule has 0 radical (unpaired) electrons. The first kappa shape index (κ1) is 16.2. The Kier molecular flexibility index (Phi) is 5.53. The van der Waals surface area contributed by atoms with Crippen LogP contribution in [0.3, 0.4) is 0 Å². The largest absolute Gasteiger partial charge is 0.353 e. The summed E-state index contributed by atoms with van der Waals surface area (Å²) in [7, 11) is -3.16. The molecule has 0 aliphatic heterocycles. The molecule has 1 aromatic carbocycles. The molecular weight excluding hydrogens is 307 g/mol. The van der Waals surface area contributed by atoms with E-state index in [4.69, 9.17) is 14.5 Å². The van der Waals surface area contributed by atoms with Crippen LogP contribution < -0.4 is 4.80 Å². The molecule has 0 spiro atoms. The highest BCUT2D eigenvalue weighted by Gasteiger charge is 2.18. The lowest BCUT2D eigenvalue weighted by molar-refractivity contribution is 0.229. The summed E-state index contributed by atoms with van der Waals surface area (Å²) >= 11 is 1.42. The predicted molar refractivity (Wildman–Crippen MR) is 85.7 cm³/mol. The summed E-state index contributed by atoms with van der Waals surface area (Å²) in [5.41, 5.74) is 1.000. The topological polar surface area (TPSA) is 64.3 Å². The molecule has 0 aliphatic carbocycles. The third-order valence-electron chi connectivity index (χ3n) is 2.80. The third kappa shape index (κ3) is 3.92. The minimum absolute atomic E-state index is 0.333. The third-order valence-corrected chi connectivity index (χ3v) is 5.59. The summed E-state index contributed by atoms with van der Waals surface area (Å²) in [6, 6.07) is 7.86. The van der Waals surface area contributed by atoms with E-state index >= 15 is 0 Å². The maximum atomic E-state index is 12.3. The Morgan fingerprint density at radius 3 is 2.62 bits per heavy atom. The molecule has 0 saturated carbocycles. The van der Waals surface area contributed by atoms with E-state index in [0.29, 0.717) is 24.6 Å². The summed E-state index contributed by atoms with van der Waals surface area (Å²) in [5.74, 6) is 1.48. The molecule has 0 aliphatic rings. The van der Waals surface area contributed by atoms with Crippen LogP contribution in [0.15, 0.2) is 36.2 Å². The van der Waals surface area contributed by atoms with Crippen LogP contribution in [0, 0.1) is 5.41 Å². The number of benzene rings is 1. The molecule has 0 atom stereocenters. The van der Waals surface area contributed by atoms with Gasteiger partial charge in [-0.25, -0.2) is 0 Å². The molecule has 0 unspecified atom stereocenters. The van der Waals surface area contributed by atoms with E-state index in [1.54, 1.807) is 19.9 Å². The molecule has 0 amide bonds. The van der Waals surface area contributed by atoms with Crippen LogP contribution in [-0.2, 0) is 20.2 Å². The first-order valence-corrected chi connectivity index (χ1v) is 9.22. The summed E-state index contributed by atoms with van der Waals surface area (Å²) < 4.78 is 25.6. The molecule has 114 valence electrons. The van der Waals surface area contributed by atoms with Crippen LogP contribution in [-0.4, -0.2) is 17.8 Å². The molecule has 0 saturated heterocycles. The zero-order valence-electron chi connectivity index (χ0n) is 12.1. The molecule has 5 nitrogen and oxygen atoms in total. The van der Waals surface area contributed by atoms with Crippen molar-refractivity contribution >= 4 is 29.1 Å². The average molecular weight is 326 g/mol. The zero-order valence-corrected chi connectivity index (χ0v) is 13.8. The minimum Gasteiger partial charge on any atom is -0.313 e. The Bertz CT molecular complexity index is 725. The van der Waals surface area contributed by atoms with Gasteiger partial charge in [0, 0.05) is 12.4 Å². The van der Waals surface area contributed by atoms with E-state index in [0.717, 1.165) is 10.2 Å². The Labute approximate surface area is 127 Å². The number of para-hydroxylation sites is 1. The highest BCUT2D eigenvalue weighted by Crippen LogP contribution is 2.49. The molecule has 0 fully saturated rings. The maximum absolute atomic E-state index is 12.3. The number of nitrogens with zero attached hydrogens (tertiary/aromatic N) is 1. The zero-order chi connectivity index (χ0) is 15.3. The van der Waals surface area contributed by atoms with Crippen molar-refractivity contribution in [1.82, 2.24) is 4.57 Å². The lowest BCUT2D eigenvalue weighted by Gasteiger charge is -2.12. The van der Waals surface area contributed by atoms with Crippen LogP contribution in [0.2, 0.25) is 0 Å². The van der Waals surface area contributed by atoms with Crippen molar-refractivity contribution in [3.63, 3.8) is 0 Å². The summed E-state index contributed by atoms with van der Waals surface area (Å²) in [4.78, 5) is 0.462. The molecule has 0 bridgehead atoms. The average Bonchev–Trinajstić information content (AvgIpc) is 2.76. The highest BCUT2D eigenvalue weighted by molar-refractivity contribution is 7.57. The maximum Gasteiger partial charge on any atom is 0.353 e. The van der Waals surface area contributed by atoms with Gasteiger partial charge in [-0.1, -0.05) is 29.5 Å². The molecule has 21 heavy (non-hydrogen) atoms. The van der Waals surface area contributed by atoms with Gasteiger partial charge < -0.3 is 13.6 Å². The van der Waals surface area contributed by atoms with Crippen LogP contribution in [0.1, 0.15) is 13.8 Å². The second kappa shape index (κ2) is 7.18. The number of rotatable bonds is 7. The van der Waals surface area contributed by atoms with Crippen molar-refractivity contribution in [3.05, 3.63) is 41.0 Å². The normalized spacial score (nSPS) is 12.5. The smallest absolute Gasteiger partial charge is 0.313 e. The number of aromatic nitrogens is 1. The minimum atomic E-state index is -3.16. The molecule has 1 heterocycles. The Balaban J connectivity index is 2.21. The van der Waals surface area contributed by atoms with Crippen molar-refractivity contribution < 1.29 is 13.6 Å². The number of hydrogen-bond donors (Lipinski definition) is 1. The molecule has 1 aromatic heterocycles. The van der Waals surface area contributed by atoms with Crippen molar-refractivity contribution in [2.24, 2.45) is 0 Å². The van der Waals surface area contributed by atoms with Crippen molar-refractivity contribution in [2.75, 3.05) is 13.2 Å². The molecule has 2 aromatic rings. The number of thiazole rings is 1. The van der Waals surface area contributed by atoms with Gasteiger partial charge in [0.05, 0.1) is 23.4 Å². The van der Waals surface area contributed by atoms with Gasteiger partial charge in [-0.3, -0.25) is 9.97 Å². The fourth-order valence-electron chi connectivity index (χ4n) is 1.98. The van der Waals surface area contributed by atoms with Gasteiger partial charge in [-0.05, 0) is 26.0 Å². The van der Waals surface area contributed by atoms with Crippen molar-refractivity contribution in [1.29, 1.82) is 5.41 Å². The first-order chi connectivity index (χ1) is 10.1. The Hall–Kier alpha value is -1.20. The molecular formula is C14H19N2O3PS. The Morgan fingerprint density at radius 1 is 1.29 bits per heavy atom. The number of hydrogen-bond acceptors (Lipinski definition) is 5. The van der Waals surface area contributed by atoms with Gasteiger partial charge in [0.1, 0.15) is 0 Å².